The molecule has 0 radical (unpaired) electrons. The predicted octanol–water partition coefficient (Wildman–Crippen LogP) is 1.49. The number of phenolic OH excluding ortho intramolecular Hbond substituents is 2. The molecule has 0 amide bonds. The molecule has 2 aromatic carbocycles. The van der Waals surface area contributed by atoms with E-state index in [2.05, 4.69) is 10.1 Å². The average Bonchev–Trinajstić information content (AvgIpc) is 3.50. The molecule has 3 saturated heterocycles. The standard InChI is InChI=1S/C36H45N3O12/c1-5-38(3)9-12-48-37-24(16-40)36(45)14-20-28(23(15-36)50-26-13-21-35(18(2)49-26)51-25-17-47-11-10-39(21)25)34(44)30-29(32(20)42)31(41)19-7-6-8-22(46-4)27(19)33(30)43/h6-8,18,21,23,25-26,35,40,42,44-45H,5,9-17H2,1-4H3/b37-24+/t18-,21-,23-,25+,26-,35+,36-/m0/s1. The second-order valence-corrected chi connectivity index (χ2v) is 13.8. The Morgan fingerprint density at radius 3 is 2.67 bits per heavy atom. The molecule has 0 aromatic heterocycles. The third-order valence-electron chi connectivity index (χ3n) is 10.9. The zero-order valence-corrected chi connectivity index (χ0v) is 29.2. The van der Waals surface area contributed by atoms with E-state index in [0.29, 0.717) is 32.7 Å². The first-order valence-electron chi connectivity index (χ1n) is 17.4. The molecular weight excluding hydrogens is 666 g/mol. The predicted molar refractivity (Wildman–Crippen MR) is 179 cm³/mol. The molecule has 4 N–H and O–H groups in total. The number of hydrogen-bond donors (Lipinski definition) is 4. The van der Waals surface area contributed by atoms with Gasteiger partial charge in [0.15, 0.2) is 12.1 Å². The van der Waals surface area contributed by atoms with Crippen LogP contribution in [0.4, 0.5) is 0 Å². The number of carbonyl (C=O) groups excluding carboxylic acids is 2. The lowest BCUT2D eigenvalue weighted by Crippen LogP contribution is -2.53. The monoisotopic (exact) mass is 711 g/mol. The van der Waals surface area contributed by atoms with Crippen LogP contribution in [0, 0.1) is 0 Å². The number of aliphatic hydroxyl groups excluding tert-OH is 1. The lowest BCUT2D eigenvalue weighted by molar-refractivity contribution is -0.245. The molecule has 3 fully saturated rings. The van der Waals surface area contributed by atoms with Gasteiger partial charge in [-0.25, -0.2) is 0 Å². The van der Waals surface area contributed by atoms with Gasteiger partial charge >= 0.3 is 0 Å². The Morgan fingerprint density at radius 1 is 1.14 bits per heavy atom. The van der Waals surface area contributed by atoms with Crippen molar-refractivity contribution >= 4 is 17.3 Å². The van der Waals surface area contributed by atoms with Gasteiger partial charge in [0, 0.05) is 55.1 Å². The lowest BCUT2D eigenvalue weighted by Gasteiger charge is -2.43. The third-order valence-corrected chi connectivity index (χ3v) is 10.9. The summed E-state index contributed by atoms with van der Waals surface area (Å²) in [5, 5.41) is 50.6. The van der Waals surface area contributed by atoms with Gasteiger partial charge < -0.3 is 53.8 Å². The fraction of sp³-hybridized carbons (Fsp3) is 0.583. The minimum atomic E-state index is -1.96. The zero-order valence-electron chi connectivity index (χ0n) is 29.2. The van der Waals surface area contributed by atoms with E-state index in [1.165, 1.54) is 19.2 Å². The van der Waals surface area contributed by atoms with Crippen molar-refractivity contribution in [3.63, 3.8) is 0 Å². The fourth-order valence-corrected chi connectivity index (χ4v) is 8.08. The van der Waals surface area contributed by atoms with E-state index in [-0.39, 0.29) is 83.2 Å². The summed E-state index contributed by atoms with van der Waals surface area (Å²) < 4.78 is 30.2. The molecule has 5 aliphatic rings. The van der Waals surface area contributed by atoms with Crippen molar-refractivity contribution in [2.24, 2.45) is 5.16 Å². The quantitative estimate of drug-likeness (QED) is 0.102. The summed E-state index contributed by atoms with van der Waals surface area (Å²) in [7, 11) is 3.28. The van der Waals surface area contributed by atoms with Gasteiger partial charge in [-0.15, -0.1) is 0 Å². The number of rotatable bonds is 10. The number of carbonyl (C=O) groups is 2. The lowest BCUT2D eigenvalue weighted by atomic mass is 9.71. The summed E-state index contributed by atoms with van der Waals surface area (Å²) in [6, 6.07) is 4.48. The number of aliphatic hydroxyl groups is 2. The summed E-state index contributed by atoms with van der Waals surface area (Å²) in [5.74, 6) is -2.40. The van der Waals surface area contributed by atoms with Crippen molar-refractivity contribution in [1.29, 1.82) is 0 Å². The first-order chi connectivity index (χ1) is 24.5. The summed E-state index contributed by atoms with van der Waals surface area (Å²) >= 11 is 0. The second kappa shape index (κ2) is 14.0. The van der Waals surface area contributed by atoms with Crippen molar-refractivity contribution in [2.45, 2.75) is 75.6 Å². The fourth-order valence-electron chi connectivity index (χ4n) is 8.08. The van der Waals surface area contributed by atoms with Crippen LogP contribution in [0.15, 0.2) is 23.4 Å². The van der Waals surface area contributed by atoms with Gasteiger partial charge in [0.2, 0.25) is 5.78 Å². The van der Waals surface area contributed by atoms with Gasteiger partial charge in [-0.2, -0.15) is 0 Å². The molecule has 3 heterocycles. The SMILES string of the molecule is CCN(C)CCO/N=C(\CO)[C@]1(O)Cc2c(O)c3c(c(O)c2[C@@H](O[C@H]2C[C@H]4[C@H](O[C@@H]5COCCN54)[C@H](C)O2)C1)C(=O)c1c(OC)cccc1C3=O. The highest BCUT2D eigenvalue weighted by Gasteiger charge is 2.53. The van der Waals surface area contributed by atoms with Crippen LogP contribution in [0.25, 0.3) is 0 Å². The molecule has 0 saturated carbocycles. The largest absolute Gasteiger partial charge is 0.507 e. The number of ether oxygens (including phenoxy) is 5. The number of ketones is 2. The molecule has 2 aromatic rings. The summed E-state index contributed by atoms with van der Waals surface area (Å²) in [6.07, 6.45) is -3.15. The number of likely N-dealkylation sites (N-methyl/N-ethyl adjacent to an activating group) is 1. The number of phenols is 2. The molecule has 0 unspecified atom stereocenters. The van der Waals surface area contributed by atoms with Crippen molar-refractivity contribution in [3.05, 3.63) is 51.6 Å². The number of morpholine rings is 1. The first kappa shape index (κ1) is 35.7. The molecule has 7 atom stereocenters. The molecule has 3 aliphatic heterocycles. The topological polar surface area (TPSA) is 189 Å². The van der Waals surface area contributed by atoms with Crippen molar-refractivity contribution in [2.75, 3.05) is 60.2 Å². The van der Waals surface area contributed by atoms with Gasteiger partial charge in [0.1, 0.15) is 47.5 Å². The Labute approximate surface area is 295 Å². The Balaban J connectivity index is 1.29. The number of benzene rings is 2. The number of hydrogen-bond acceptors (Lipinski definition) is 15. The third kappa shape index (κ3) is 6.08. The maximum absolute atomic E-state index is 14.1. The Bertz CT molecular complexity index is 1730. The van der Waals surface area contributed by atoms with E-state index < -0.39 is 53.2 Å². The van der Waals surface area contributed by atoms with E-state index in [1.54, 1.807) is 6.07 Å². The van der Waals surface area contributed by atoms with Gasteiger partial charge in [0.05, 0.1) is 55.8 Å². The number of aromatic hydroxyl groups is 2. The Kier molecular flexibility index (Phi) is 9.84. The molecule has 15 heteroatoms. The van der Waals surface area contributed by atoms with Crippen LogP contribution >= 0.6 is 0 Å². The van der Waals surface area contributed by atoms with Gasteiger partial charge in [0.25, 0.3) is 0 Å². The maximum atomic E-state index is 14.1. The first-order valence-corrected chi connectivity index (χ1v) is 17.4. The van der Waals surface area contributed by atoms with Crippen LogP contribution in [0.1, 0.15) is 75.8 Å². The summed E-state index contributed by atoms with van der Waals surface area (Å²) in [5.41, 5.74) is -2.89. The van der Waals surface area contributed by atoms with Crippen LogP contribution < -0.4 is 4.74 Å². The Hall–Kier alpha value is -3.67. The molecular formula is C36H45N3O12. The molecule has 0 spiro atoms. The molecule has 2 aliphatic carbocycles. The highest BCUT2D eigenvalue weighted by Crippen LogP contribution is 2.53. The highest BCUT2D eigenvalue weighted by molar-refractivity contribution is 6.31. The number of fused-ring (bicyclic) bond motifs is 6. The van der Waals surface area contributed by atoms with Crippen molar-refractivity contribution < 1.29 is 58.5 Å². The van der Waals surface area contributed by atoms with E-state index in [4.69, 9.17) is 28.5 Å². The highest BCUT2D eigenvalue weighted by atomic mass is 16.7. The van der Waals surface area contributed by atoms with Crippen LogP contribution in [-0.2, 0) is 30.2 Å². The van der Waals surface area contributed by atoms with Crippen molar-refractivity contribution in [1.82, 2.24) is 9.80 Å². The van der Waals surface area contributed by atoms with Gasteiger partial charge in [-0.05, 0) is 26.6 Å². The summed E-state index contributed by atoms with van der Waals surface area (Å²) in [4.78, 5) is 37.7. The molecule has 51 heavy (non-hydrogen) atoms. The van der Waals surface area contributed by atoms with Crippen LogP contribution in [0.5, 0.6) is 17.2 Å². The van der Waals surface area contributed by atoms with Crippen LogP contribution in [0.2, 0.25) is 0 Å². The molecule has 0 bridgehead atoms. The average molecular weight is 712 g/mol. The van der Waals surface area contributed by atoms with Crippen LogP contribution in [-0.4, -0.2) is 144 Å². The molecule has 15 nitrogen and oxygen atoms in total. The zero-order chi connectivity index (χ0) is 36.2. The number of oxime groups is 1. The minimum Gasteiger partial charge on any atom is -0.507 e. The van der Waals surface area contributed by atoms with E-state index in [9.17, 15) is 30.0 Å². The van der Waals surface area contributed by atoms with Gasteiger partial charge in [-0.3, -0.25) is 14.5 Å². The van der Waals surface area contributed by atoms with Crippen molar-refractivity contribution in [3.8, 4) is 17.2 Å². The summed E-state index contributed by atoms with van der Waals surface area (Å²) in [6.45, 7) is 6.37. The minimum absolute atomic E-state index is 0.00257. The maximum Gasteiger partial charge on any atom is 0.202 e. The number of nitrogens with zero attached hydrogens (tertiary/aromatic N) is 3. The second-order valence-electron chi connectivity index (χ2n) is 13.8. The Morgan fingerprint density at radius 2 is 1.92 bits per heavy atom. The molecule has 276 valence electrons. The van der Waals surface area contributed by atoms with E-state index in [0.717, 1.165) is 6.54 Å². The van der Waals surface area contributed by atoms with E-state index in [1.807, 2.05) is 25.8 Å². The van der Waals surface area contributed by atoms with E-state index >= 15 is 0 Å². The smallest absolute Gasteiger partial charge is 0.202 e. The number of methoxy groups -OCH3 is 1. The molecule has 7 rings (SSSR count). The normalized spacial score (nSPS) is 30.4. The van der Waals surface area contributed by atoms with Gasteiger partial charge in [-0.1, -0.05) is 24.2 Å². The van der Waals surface area contributed by atoms with Crippen LogP contribution in [0.3, 0.4) is 0 Å².